The zero-order valence-corrected chi connectivity index (χ0v) is 20.3. The second kappa shape index (κ2) is 8.74. The van der Waals surface area contributed by atoms with Gasteiger partial charge in [0.25, 0.3) is 11.8 Å². The van der Waals surface area contributed by atoms with Gasteiger partial charge in [0.2, 0.25) is 0 Å². The van der Waals surface area contributed by atoms with Crippen molar-refractivity contribution in [2.75, 3.05) is 33.4 Å². The van der Waals surface area contributed by atoms with Gasteiger partial charge in [-0.25, -0.2) is 4.39 Å². The number of likely N-dealkylation sites (tertiary alicyclic amines) is 1. The second-order valence-electron chi connectivity index (χ2n) is 9.77. The van der Waals surface area contributed by atoms with E-state index < -0.39 is 17.3 Å². The van der Waals surface area contributed by atoms with Crippen LogP contribution in [0.1, 0.15) is 38.0 Å². The first-order chi connectivity index (χ1) is 17.9. The summed E-state index contributed by atoms with van der Waals surface area (Å²) in [6, 6.07) is 19.9. The largest absolute Gasteiger partial charge is 0.497 e. The number of halogens is 1. The molecule has 1 saturated heterocycles. The van der Waals surface area contributed by atoms with Gasteiger partial charge in [-0.2, -0.15) is 0 Å². The molecule has 37 heavy (non-hydrogen) atoms. The normalized spacial score (nSPS) is 18.0. The monoisotopic (exact) mass is 499 g/mol. The van der Waals surface area contributed by atoms with E-state index in [1.54, 1.807) is 35.1 Å². The predicted molar refractivity (Wildman–Crippen MR) is 136 cm³/mol. The molecule has 2 amide bonds. The summed E-state index contributed by atoms with van der Waals surface area (Å²) >= 11 is 0. The van der Waals surface area contributed by atoms with Crippen LogP contribution < -0.4 is 4.74 Å². The molecule has 7 nitrogen and oxygen atoms in total. The van der Waals surface area contributed by atoms with E-state index in [4.69, 9.17) is 4.74 Å². The standard InChI is InChI=1S/C29H26FN3O4/c1-37-21-10-11-22-23(13-21)31-26-24(14-34)33(28(36)18-6-3-2-4-7-18)17-29(25(22)26)15-32(16-29)27(35)19-8-5-9-20(30)12-19/h2-13,24,31,34H,14-17H2,1H3/t24-/m0/s1. The maximum absolute atomic E-state index is 13.8. The van der Waals surface area contributed by atoms with Crippen molar-refractivity contribution in [3.8, 4) is 5.75 Å². The van der Waals surface area contributed by atoms with Crippen molar-refractivity contribution in [1.29, 1.82) is 0 Å². The van der Waals surface area contributed by atoms with Gasteiger partial charge in [-0.3, -0.25) is 9.59 Å². The van der Waals surface area contributed by atoms with E-state index >= 15 is 0 Å². The van der Waals surface area contributed by atoms with Crippen molar-refractivity contribution in [2.24, 2.45) is 0 Å². The minimum Gasteiger partial charge on any atom is -0.497 e. The molecule has 0 bridgehead atoms. The summed E-state index contributed by atoms with van der Waals surface area (Å²) in [7, 11) is 1.60. The number of aromatic amines is 1. The number of carbonyl (C=O) groups is 2. The third-order valence-corrected chi connectivity index (χ3v) is 7.55. The van der Waals surface area contributed by atoms with Crippen LogP contribution >= 0.6 is 0 Å². The highest BCUT2D eigenvalue weighted by Gasteiger charge is 2.55. The smallest absolute Gasteiger partial charge is 0.254 e. The van der Waals surface area contributed by atoms with E-state index in [-0.39, 0.29) is 18.4 Å². The Morgan fingerprint density at radius 3 is 2.46 bits per heavy atom. The molecule has 0 unspecified atom stereocenters. The Kier molecular flexibility index (Phi) is 5.49. The molecule has 0 aliphatic carbocycles. The summed E-state index contributed by atoms with van der Waals surface area (Å²) in [6.45, 7) is 0.818. The fourth-order valence-electron chi connectivity index (χ4n) is 5.86. The van der Waals surface area contributed by atoms with Gasteiger partial charge < -0.3 is 24.6 Å². The average Bonchev–Trinajstić information content (AvgIpc) is 3.29. The van der Waals surface area contributed by atoms with E-state index in [0.717, 1.165) is 22.2 Å². The van der Waals surface area contributed by atoms with Gasteiger partial charge in [-0.05, 0) is 48.0 Å². The number of fused-ring (bicyclic) bond motifs is 4. The highest BCUT2D eigenvalue weighted by molar-refractivity contribution is 5.97. The van der Waals surface area contributed by atoms with Crippen LogP contribution in [-0.4, -0.2) is 65.1 Å². The number of benzene rings is 3. The Morgan fingerprint density at radius 1 is 1.00 bits per heavy atom. The molecule has 3 aromatic carbocycles. The number of hydrogen-bond acceptors (Lipinski definition) is 4. The van der Waals surface area contributed by atoms with Gasteiger partial charge in [-0.1, -0.05) is 24.3 Å². The van der Waals surface area contributed by atoms with Crippen LogP contribution in [0.5, 0.6) is 5.75 Å². The van der Waals surface area contributed by atoms with Crippen molar-refractivity contribution < 1.29 is 23.8 Å². The molecule has 3 heterocycles. The van der Waals surface area contributed by atoms with Gasteiger partial charge in [0, 0.05) is 53.4 Å². The van der Waals surface area contributed by atoms with Crippen LogP contribution in [0.25, 0.3) is 10.9 Å². The molecule has 6 rings (SSSR count). The molecule has 1 fully saturated rings. The quantitative estimate of drug-likeness (QED) is 0.446. The first-order valence-corrected chi connectivity index (χ1v) is 12.2. The Balaban J connectivity index is 1.44. The topological polar surface area (TPSA) is 85.9 Å². The number of ether oxygens (including phenoxy) is 1. The molecule has 8 heteroatoms. The number of nitrogens with zero attached hydrogens (tertiary/aromatic N) is 2. The summed E-state index contributed by atoms with van der Waals surface area (Å²) in [4.78, 5) is 33.7. The van der Waals surface area contributed by atoms with Crippen LogP contribution in [-0.2, 0) is 5.41 Å². The Morgan fingerprint density at radius 2 is 1.76 bits per heavy atom. The number of methoxy groups -OCH3 is 1. The third kappa shape index (κ3) is 3.67. The van der Waals surface area contributed by atoms with Crippen LogP contribution in [0.15, 0.2) is 72.8 Å². The highest BCUT2D eigenvalue weighted by Crippen LogP contribution is 2.49. The first-order valence-electron chi connectivity index (χ1n) is 12.2. The van der Waals surface area contributed by atoms with Crippen molar-refractivity contribution in [3.05, 3.63) is 101 Å². The van der Waals surface area contributed by atoms with Gasteiger partial charge in [0.1, 0.15) is 11.6 Å². The summed E-state index contributed by atoms with van der Waals surface area (Å²) in [5, 5.41) is 11.4. The lowest BCUT2D eigenvalue weighted by Crippen LogP contribution is -2.68. The Hall–Kier alpha value is -4.17. The van der Waals surface area contributed by atoms with E-state index in [0.29, 0.717) is 36.5 Å². The molecular formula is C29H26FN3O4. The molecular weight excluding hydrogens is 473 g/mol. The van der Waals surface area contributed by atoms with Crippen molar-refractivity contribution >= 4 is 22.7 Å². The van der Waals surface area contributed by atoms with Crippen LogP contribution in [0, 0.1) is 5.82 Å². The number of nitrogens with one attached hydrogen (secondary N) is 1. The van der Waals surface area contributed by atoms with E-state index in [9.17, 15) is 19.1 Å². The van der Waals surface area contributed by atoms with Crippen LogP contribution in [0.2, 0.25) is 0 Å². The fraction of sp³-hybridized carbons (Fsp3) is 0.241. The lowest BCUT2D eigenvalue weighted by atomic mass is 9.68. The fourth-order valence-corrected chi connectivity index (χ4v) is 5.86. The molecule has 2 aliphatic rings. The molecule has 1 atom stereocenters. The Bertz CT molecular complexity index is 1510. The lowest BCUT2D eigenvalue weighted by Gasteiger charge is -2.56. The van der Waals surface area contributed by atoms with E-state index in [1.165, 1.54) is 18.2 Å². The number of hydrogen-bond donors (Lipinski definition) is 2. The number of aliphatic hydroxyl groups excluding tert-OH is 1. The predicted octanol–water partition coefficient (Wildman–Crippen LogP) is 3.90. The summed E-state index contributed by atoms with van der Waals surface area (Å²) < 4.78 is 19.2. The summed E-state index contributed by atoms with van der Waals surface area (Å²) in [5.74, 6) is -0.208. The minimum atomic E-state index is -0.570. The lowest BCUT2D eigenvalue weighted by molar-refractivity contribution is 0.00304. The highest BCUT2D eigenvalue weighted by atomic mass is 19.1. The average molecular weight is 500 g/mol. The van der Waals surface area contributed by atoms with Gasteiger partial charge in [0.15, 0.2) is 0 Å². The van der Waals surface area contributed by atoms with Gasteiger partial charge in [-0.15, -0.1) is 0 Å². The van der Waals surface area contributed by atoms with Crippen LogP contribution in [0.3, 0.4) is 0 Å². The minimum absolute atomic E-state index is 0.184. The molecule has 0 saturated carbocycles. The van der Waals surface area contributed by atoms with E-state index in [2.05, 4.69) is 4.98 Å². The van der Waals surface area contributed by atoms with E-state index in [1.807, 2.05) is 36.4 Å². The Labute approximate surface area is 213 Å². The number of rotatable bonds is 4. The first kappa shape index (κ1) is 23.2. The molecule has 1 spiro atoms. The molecule has 2 N–H and O–H groups in total. The number of aromatic nitrogens is 1. The van der Waals surface area contributed by atoms with Crippen molar-refractivity contribution in [3.63, 3.8) is 0 Å². The zero-order chi connectivity index (χ0) is 25.7. The van der Waals surface area contributed by atoms with Crippen LogP contribution in [0.4, 0.5) is 4.39 Å². The molecule has 2 aliphatic heterocycles. The summed E-state index contributed by atoms with van der Waals surface area (Å²) in [5.41, 5.74) is 2.89. The maximum atomic E-state index is 13.8. The number of aliphatic hydroxyl groups is 1. The van der Waals surface area contributed by atoms with Gasteiger partial charge in [0.05, 0.1) is 25.2 Å². The number of amides is 2. The maximum Gasteiger partial charge on any atom is 0.254 e. The second-order valence-corrected chi connectivity index (χ2v) is 9.77. The number of H-pyrrole nitrogens is 1. The van der Waals surface area contributed by atoms with Crippen molar-refractivity contribution in [1.82, 2.24) is 14.8 Å². The van der Waals surface area contributed by atoms with Gasteiger partial charge >= 0.3 is 0 Å². The molecule has 188 valence electrons. The summed E-state index contributed by atoms with van der Waals surface area (Å²) in [6.07, 6.45) is 0. The zero-order valence-electron chi connectivity index (χ0n) is 20.3. The SMILES string of the molecule is COc1ccc2c3c([nH]c2c1)[C@H](CO)N(C(=O)c1ccccc1)CC31CN(C(=O)c2cccc(F)c2)C1. The van der Waals surface area contributed by atoms with Crippen molar-refractivity contribution in [2.45, 2.75) is 11.5 Å². The molecule has 4 aromatic rings. The molecule has 1 aromatic heterocycles. The third-order valence-electron chi connectivity index (χ3n) is 7.55. The molecule has 0 radical (unpaired) electrons. The number of carbonyl (C=O) groups excluding carboxylic acids is 2.